The summed E-state index contributed by atoms with van der Waals surface area (Å²) in [6.45, 7) is 4.58. The molecule has 1 saturated heterocycles. The van der Waals surface area contributed by atoms with Gasteiger partial charge in [-0.2, -0.15) is 0 Å². The average Bonchev–Trinajstić information content (AvgIpc) is 2.48. The van der Waals surface area contributed by atoms with Gasteiger partial charge in [0.15, 0.2) is 5.78 Å². The van der Waals surface area contributed by atoms with E-state index in [0.29, 0.717) is 44.0 Å². The lowest BCUT2D eigenvalue weighted by Crippen LogP contribution is -2.49. The number of Topliss-reactive ketones (excluding diaryl/α,β-unsaturated/α-hetero) is 1. The molecule has 2 rings (SSSR count). The van der Waals surface area contributed by atoms with Crippen LogP contribution in [0.4, 0.5) is 10.1 Å². The van der Waals surface area contributed by atoms with E-state index in [4.69, 9.17) is 0 Å². The number of halogens is 1. The summed E-state index contributed by atoms with van der Waals surface area (Å²) in [6, 6.07) is 4.61. The minimum absolute atomic E-state index is 0.0745. The van der Waals surface area contributed by atoms with Crippen molar-refractivity contribution in [3.05, 3.63) is 29.6 Å². The Morgan fingerprint density at radius 1 is 1.18 bits per heavy atom. The predicted molar refractivity (Wildman–Crippen MR) is 83.8 cm³/mol. The minimum Gasteiger partial charge on any atom is -0.367 e. The van der Waals surface area contributed by atoms with Gasteiger partial charge in [0, 0.05) is 45.8 Å². The van der Waals surface area contributed by atoms with Crippen LogP contribution in [0, 0.1) is 5.82 Å². The van der Waals surface area contributed by atoms with Gasteiger partial charge in [-0.1, -0.05) is 0 Å². The summed E-state index contributed by atoms with van der Waals surface area (Å²) in [6.07, 6.45) is 0. The maximum Gasteiger partial charge on any atom is 0.236 e. The smallest absolute Gasteiger partial charge is 0.236 e. The fourth-order valence-electron chi connectivity index (χ4n) is 2.46. The van der Waals surface area contributed by atoms with Crippen molar-refractivity contribution in [1.82, 2.24) is 9.80 Å². The third kappa shape index (κ3) is 3.82. The maximum absolute atomic E-state index is 14.1. The Labute approximate surface area is 130 Å². The first-order valence-corrected chi connectivity index (χ1v) is 7.36. The lowest BCUT2D eigenvalue weighted by Gasteiger charge is -2.36. The molecular weight excluding hydrogens is 285 g/mol. The standard InChI is InChI=1S/C16H22FN3O2/c1-12(21)13-4-5-15(14(17)10-13)20-8-6-19(7-9-20)11-16(22)18(2)3/h4-5,10H,6-9,11H2,1-3H3. The first kappa shape index (κ1) is 16.4. The van der Waals surface area contributed by atoms with E-state index in [-0.39, 0.29) is 17.5 Å². The predicted octanol–water partition coefficient (Wildman–Crippen LogP) is 1.24. The van der Waals surface area contributed by atoms with Crippen LogP contribution in [0.1, 0.15) is 17.3 Å². The first-order valence-electron chi connectivity index (χ1n) is 7.36. The van der Waals surface area contributed by atoms with Crippen LogP contribution in [0.15, 0.2) is 18.2 Å². The second-order valence-corrected chi connectivity index (χ2v) is 5.77. The number of likely N-dealkylation sites (N-methyl/N-ethyl adjacent to an activating group) is 1. The number of anilines is 1. The van der Waals surface area contributed by atoms with Gasteiger partial charge in [0.25, 0.3) is 0 Å². The molecule has 5 nitrogen and oxygen atoms in total. The lowest BCUT2D eigenvalue weighted by atomic mass is 10.1. The normalized spacial score (nSPS) is 15.7. The number of benzene rings is 1. The molecule has 0 N–H and O–H groups in total. The third-order valence-corrected chi connectivity index (χ3v) is 3.92. The molecule has 120 valence electrons. The molecule has 1 aromatic carbocycles. The highest BCUT2D eigenvalue weighted by atomic mass is 19.1. The summed E-state index contributed by atoms with van der Waals surface area (Å²) >= 11 is 0. The fraction of sp³-hybridized carbons (Fsp3) is 0.500. The van der Waals surface area contributed by atoms with E-state index < -0.39 is 0 Å². The number of rotatable bonds is 4. The van der Waals surface area contributed by atoms with Crippen molar-refractivity contribution in [2.75, 3.05) is 51.7 Å². The zero-order valence-corrected chi connectivity index (χ0v) is 13.3. The summed E-state index contributed by atoms with van der Waals surface area (Å²) in [5.41, 5.74) is 0.903. The fourth-order valence-corrected chi connectivity index (χ4v) is 2.46. The monoisotopic (exact) mass is 307 g/mol. The number of nitrogens with zero attached hydrogens (tertiary/aromatic N) is 3. The van der Waals surface area contributed by atoms with Gasteiger partial charge < -0.3 is 9.80 Å². The van der Waals surface area contributed by atoms with Gasteiger partial charge in [-0.15, -0.1) is 0 Å². The molecule has 0 spiro atoms. The molecule has 1 fully saturated rings. The summed E-state index contributed by atoms with van der Waals surface area (Å²) in [5.74, 6) is -0.437. The van der Waals surface area contributed by atoms with Gasteiger partial charge in [-0.25, -0.2) is 4.39 Å². The molecule has 1 heterocycles. The molecular formula is C16H22FN3O2. The van der Waals surface area contributed by atoms with Crippen molar-refractivity contribution in [2.45, 2.75) is 6.92 Å². The van der Waals surface area contributed by atoms with Crippen LogP contribution in [0.25, 0.3) is 0 Å². The van der Waals surface area contributed by atoms with Crippen molar-refractivity contribution in [1.29, 1.82) is 0 Å². The Morgan fingerprint density at radius 3 is 2.32 bits per heavy atom. The number of carbonyl (C=O) groups excluding carboxylic acids is 2. The second kappa shape index (κ2) is 6.87. The van der Waals surface area contributed by atoms with Crippen molar-refractivity contribution in [3.8, 4) is 0 Å². The number of carbonyl (C=O) groups is 2. The van der Waals surface area contributed by atoms with Crippen molar-refractivity contribution < 1.29 is 14.0 Å². The Kier molecular flexibility index (Phi) is 5.13. The summed E-state index contributed by atoms with van der Waals surface area (Å²) in [5, 5.41) is 0. The molecule has 0 aliphatic carbocycles. The molecule has 1 aromatic rings. The summed E-state index contributed by atoms with van der Waals surface area (Å²) in [4.78, 5) is 28.6. The van der Waals surface area contributed by atoms with Crippen LogP contribution >= 0.6 is 0 Å². The molecule has 22 heavy (non-hydrogen) atoms. The summed E-state index contributed by atoms with van der Waals surface area (Å²) in [7, 11) is 3.48. The second-order valence-electron chi connectivity index (χ2n) is 5.77. The highest BCUT2D eigenvalue weighted by molar-refractivity contribution is 5.94. The quantitative estimate of drug-likeness (QED) is 0.785. The molecule has 1 aliphatic rings. The number of hydrogen-bond donors (Lipinski definition) is 0. The van der Waals surface area contributed by atoms with E-state index in [1.807, 2.05) is 4.90 Å². The van der Waals surface area contributed by atoms with E-state index in [0.717, 1.165) is 0 Å². The van der Waals surface area contributed by atoms with Gasteiger partial charge in [0.1, 0.15) is 5.82 Å². The van der Waals surface area contributed by atoms with Crippen LogP contribution in [0.2, 0.25) is 0 Å². The molecule has 6 heteroatoms. The molecule has 0 saturated carbocycles. The van der Waals surface area contributed by atoms with E-state index >= 15 is 0 Å². The van der Waals surface area contributed by atoms with Gasteiger partial charge in [-0.3, -0.25) is 14.5 Å². The summed E-state index contributed by atoms with van der Waals surface area (Å²) < 4.78 is 14.1. The van der Waals surface area contributed by atoms with E-state index in [2.05, 4.69) is 4.90 Å². The van der Waals surface area contributed by atoms with Gasteiger partial charge in [0.2, 0.25) is 5.91 Å². The molecule has 1 aliphatic heterocycles. The Bertz CT molecular complexity index is 567. The Balaban J connectivity index is 1.97. The zero-order chi connectivity index (χ0) is 16.3. The molecule has 0 radical (unpaired) electrons. The molecule has 0 aromatic heterocycles. The Morgan fingerprint density at radius 2 is 1.82 bits per heavy atom. The van der Waals surface area contributed by atoms with E-state index in [1.165, 1.54) is 13.0 Å². The SMILES string of the molecule is CC(=O)c1ccc(N2CCN(CC(=O)N(C)C)CC2)c(F)c1. The van der Waals surface area contributed by atoms with E-state index in [9.17, 15) is 14.0 Å². The number of piperazine rings is 1. The van der Waals surface area contributed by atoms with Gasteiger partial charge >= 0.3 is 0 Å². The highest BCUT2D eigenvalue weighted by Crippen LogP contribution is 2.22. The number of amides is 1. The van der Waals surface area contributed by atoms with Crippen molar-refractivity contribution in [2.24, 2.45) is 0 Å². The topological polar surface area (TPSA) is 43.9 Å². The zero-order valence-electron chi connectivity index (χ0n) is 13.3. The lowest BCUT2D eigenvalue weighted by molar-refractivity contribution is -0.129. The van der Waals surface area contributed by atoms with Crippen LogP contribution in [0.5, 0.6) is 0 Å². The van der Waals surface area contributed by atoms with Crippen LogP contribution in [0.3, 0.4) is 0 Å². The highest BCUT2D eigenvalue weighted by Gasteiger charge is 2.21. The van der Waals surface area contributed by atoms with Crippen LogP contribution < -0.4 is 4.90 Å². The maximum atomic E-state index is 14.1. The number of ketones is 1. The molecule has 0 unspecified atom stereocenters. The minimum atomic E-state index is -0.370. The molecule has 0 bridgehead atoms. The van der Waals surface area contributed by atoms with Crippen LogP contribution in [-0.4, -0.2) is 68.3 Å². The third-order valence-electron chi connectivity index (χ3n) is 3.92. The molecule has 1 amide bonds. The average molecular weight is 307 g/mol. The first-order chi connectivity index (χ1) is 10.4. The van der Waals surface area contributed by atoms with Crippen molar-refractivity contribution in [3.63, 3.8) is 0 Å². The Hall–Kier alpha value is -1.95. The largest absolute Gasteiger partial charge is 0.367 e. The van der Waals surface area contributed by atoms with Gasteiger partial charge in [0.05, 0.1) is 12.2 Å². The number of hydrogen-bond acceptors (Lipinski definition) is 4. The van der Waals surface area contributed by atoms with E-state index in [1.54, 1.807) is 31.1 Å². The van der Waals surface area contributed by atoms with Crippen molar-refractivity contribution >= 4 is 17.4 Å². The molecule has 0 atom stereocenters. The van der Waals surface area contributed by atoms with Gasteiger partial charge in [-0.05, 0) is 25.1 Å². The van der Waals surface area contributed by atoms with Crippen LogP contribution in [-0.2, 0) is 4.79 Å².